The zero-order valence-corrected chi connectivity index (χ0v) is 17.5. The molecule has 0 radical (unpaired) electrons. The van der Waals surface area contributed by atoms with E-state index in [2.05, 4.69) is 31.1 Å². The Morgan fingerprint density at radius 2 is 2.11 bits per heavy atom. The molecule has 1 aromatic rings. The molecule has 4 rings (SSSR count). The molecule has 0 aromatic carbocycles. The topological polar surface area (TPSA) is 62.3 Å². The summed E-state index contributed by atoms with van der Waals surface area (Å²) in [6.07, 6.45) is 15.2. The van der Waals surface area contributed by atoms with E-state index >= 15 is 0 Å². The second-order valence-electron chi connectivity index (χ2n) is 8.06. The van der Waals surface area contributed by atoms with Gasteiger partial charge in [-0.2, -0.15) is 0 Å². The van der Waals surface area contributed by atoms with E-state index < -0.39 is 0 Å². The molecule has 2 aliphatic carbocycles. The molecule has 2 heterocycles. The molecule has 0 bridgehead atoms. The number of fused-ring (bicyclic) bond motifs is 1. The summed E-state index contributed by atoms with van der Waals surface area (Å²) in [5, 5.41) is 2.98. The van der Waals surface area contributed by atoms with Crippen LogP contribution in [0.3, 0.4) is 0 Å². The predicted molar refractivity (Wildman–Crippen MR) is 113 cm³/mol. The average Bonchev–Trinajstić information content (AvgIpc) is 3.14. The first kappa shape index (κ1) is 19.4. The summed E-state index contributed by atoms with van der Waals surface area (Å²) in [7, 11) is 0. The van der Waals surface area contributed by atoms with Gasteiger partial charge in [0, 0.05) is 29.8 Å². The van der Waals surface area contributed by atoms with Crippen molar-refractivity contribution >= 4 is 33.4 Å². The highest BCUT2D eigenvalue weighted by Gasteiger charge is 2.37. The van der Waals surface area contributed by atoms with Crippen LogP contribution in [0, 0.1) is 11.8 Å². The summed E-state index contributed by atoms with van der Waals surface area (Å²) >= 11 is 3.37. The van der Waals surface area contributed by atoms with Crippen molar-refractivity contribution in [1.82, 2.24) is 9.88 Å². The van der Waals surface area contributed by atoms with Crippen LogP contribution >= 0.6 is 15.9 Å². The molecule has 5 nitrogen and oxygen atoms in total. The molecule has 1 aliphatic heterocycles. The number of rotatable bonds is 5. The smallest absolute Gasteiger partial charge is 0.248 e. The lowest BCUT2D eigenvalue weighted by Gasteiger charge is -2.32. The number of pyridine rings is 1. The van der Waals surface area contributed by atoms with Crippen molar-refractivity contribution in [3.63, 3.8) is 0 Å². The first-order valence-corrected chi connectivity index (χ1v) is 11.0. The molecule has 1 saturated carbocycles. The Morgan fingerprint density at radius 1 is 1.29 bits per heavy atom. The molecule has 1 N–H and O–H groups in total. The largest absolute Gasteiger partial charge is 0.364 e. The number of nitrogens with one attached hydrogen (secondary N) is 1. The van der Waals surface area contributed by atoms with E-state index in [0.717, 1.165) is 16.5 Å². The molecule has 1 amide bonds. The number of Topliss-reactive ketones (excluding diaryl/α,β-unsaturated/α-hetero) is 1. The summed E-state index contributed by atoms with van der Waals surface area (Å²) in [6, 6.07) is 3.40. The fourth-order valence-electron chi connectivity index (χ4n) is 4.56. The van der Waals surface area contributed by atoms with Crippen molar-refractivity contribution in [1.29, 1.82) is 0 Å². The maximum atomic E-state index is 13.2. The van der Waals surface area contributed by atoms with Gasteiger partial charge >= 0.3 is 0 Å². The van der Waals surface area contributed by atoms with Gasteiger partial charge in [-0.3, -0.25) is 9.59 Å². The fraction of sp³-hybridized carbons (Fsp3) is 0.500. The molecule has 3 aliphatic rings. The van der Waals surface area contributed by atoms with Crippen molar-refractivity contribution in [2.45, 2.75) is 51.0 Å². The number of halogens is 1. The Bertz CT molecular complexity index is 797. The van der Waals surface area contributed by atoms with Gasteiger partial charge in [0.15, 0.2) is 0 Å². The second-order valence-corrected chi connectivity index (χ2v) is 8.97. The van der Waals surface area contributed by atoms with Gasteiger partial charge in [-0.15, -0.1) is 0 Å². The number of amides is 1. The molecule has 0 spiro atoms. The molecular weight excluding hydrogens is 418 g/mol. The lowest BCUT2D eigenvalue weighted by atomic mass is 9.84. The minimum absolute atomic E-state index is 0.0349. The second kappa shape index (κ2) is 8.60. The lowest BCUT2D eigenvalue weighted by Crippen LogP contribution is -2.43. The van der Waals surface area contributed by atoms with E-state index in [-0.39, 0.29) is 23.7 Å². The average molecular weight is 444 g/mol. The van der Waals surface area contributed by atoms with E-state index in [1.807, 2.05) is 24.4 Å². The Hall–Kier alpha value is -1.95. The Labute approximate surface area is 174 Å². The number of nitrogens with zero attached hydrogens (tertiary/aromatic N) is 2. The summed E-state index contributed by atoms with van der Waals surface area (Å²) in [6.45, 7) is 0.608. The van der Waals surface area contributed by atoms with Crippen molar-refractivity contribution in [2.24, 2.45) is 11.8 Å². The predicted octanol–water partition coefficient (Wildman–Crippen LogP) is 4.47. The van der Waals surface area contributed by atoms with E-state index in [4.69, 9.17) is 0 Å². The van der Waals surface area contributed by atoms with Crippen molar-refractivity contribution in [3.8, 4) is 0 Å². The molecule has 28 heavy (non-hydrogen) atoms. The molecule has 0 saturated heterocycles. The standard InChI is InChI=1S/C22H26BrN3O2/c23-17-9-10-21(24-12-17)25-22(28)19(11-15-5-2-1-3-6-15)26-13-16-7-4-8-20(27)18(16)14-26/h4,7,9-10,12-13,15,18-19H,1-3,5-6,8,11,14H2,(H,24,25,28)/t18?,19-/m1/s1. The summed E-state index contributed by atoms with van der Waals surface area (Å²) in [5.74, 6) is 1.25. The van der Waals surface area contributed by atoms with Crippen molar-refractivity contribution in [2.75, 3.05) is 11.9 Å². The molecule has 1 aromatic heterocycles. The number of carbonyl (C=O) groups is 2. The highest BCUT2D eigenvalue weighted by Crippen LogP contribution is 2.34. The van der Waals surface area contributed by atoms with Crippen LogP contribution in [-0.2, 0) is 9.59 Å². The zero-order valence-electron chi connectivity index (χ0n) is 15.9. The Balaban J connectivity index is 1.52. The third-order valence-corrected chi connectivity index (χ3v) is 6.56. The van der Waals surface area contributed by atoms with Crippen molar-refractivity contribution < 1.29 is 9.59 Å². The van der Waals surface area contributed by atoms with Crippen LogP contribution in [0.2, 0.25) is 0 Å². The first-order valence-electron chi connectivity index (χ1n) is 10.2. The quantitative estimate of drug-likeness (QED) is 0.728. The van der Waals surface area contributed by atoms with Crippen LogP contribution in [0.1, 0.15) is 44.9 Å². The summed E-state index contributed by atoms with van der Waals surface area (Å²) in [4.78, 5) is 31.9. The number of aromatic nitrogens is 1. The third-order valence-electron chi connectivity index (χ3n) is 6.09. The van der Waals surface area contributed by atoms with Crippen LogP contribution in [0.5, 0.6) is 0 Å². The van der Waals surface area contributed by atoms with E-state index in [1.54, 1.807) is 12.3 Å². The lowest BCUT2D eigenvalue weighted by molar-refractivity contribution is -0.123. The summed E-state index contributed by atoms with van der Waals surface area (Å²) < 4.78 is 0.878. The van der Waals surface area contributed by atoms with Gasteiger partial charge in [0.25, 0.3) is 0 Å². The maximum absolute atomic E-state index is 13.2. The van der Waals surface area contributed by atoms with Gasteiger partial charge in [0.05, 0.1) is 5.92 Å². The molecule has 6 heteroatoms. The minimum atomic E-state index is -0.271. The highest BCUT2D eigenvalue weighted by atomic mass is 79.9. The van der Waals surface area contributed by atoms with Crippen LogP contribution in [-0.4, -0.2) is 34.2 Å². The van der Waals surface area contributed by atoms with Crippen LogP contribution in [0.15, 0.2) is 46.7 Å². The van der Waals surface area contributed by atoms with Gasteiger partial charge in [0.2, 0.25) is 5.91 Å². The van der Waals surface area contributed by atoms with Crippen molar-refractivity contribution in [3.05, 3.63) is 46.7 Å². The van der Waals surface area contributed by atoms with Gasteiger partial charge in [-0.05, 0) is 46.0 Å². The maximum Gasteiger partial charge on any atom is 0.248 e. The number of ketones is 1. The third kappa shape index (κ3) is 4.37. The monoisotopic (exact) mass is 443 g/mol. The number of carbonyl (C=O) groups excluding carboxylic acids is 2. The minimum Gasteiger partial charge on any atom is -0.364 e. The van der Waals surface area contributed by atoms with Gasteiger partial charge in [-0.25, -0.2) is 4.98 Å². The van der Waals surface area contributed by atoms with E-state index in [9.17, 15) is 9.59 Å². The van der Waals surface area contributed by atoms with Gasteiger partial charge < -0.3 is 10.2 Å². The normalized spacial score (nSPS) is 23.3. The number of hydrogen-bond acceptors (Lipinski definition) is 4. The van der Waals surface area contributed by atoms with Crippen LogP contribution < -0.4 is 5.32 Å². The summed E-state index contributed by atoms with van der Waals surface area (Å²) in [5.41, 5.74) is 1.04. The fourth-order valence-corrected chi connectivity index (χ4v) is 4.79. The van der Waals surface area contributed by atoms with E-state index in [1.165, 1.54) is 32.1 Å². The Morgan fingerprint density at radius 3 is 2.82 bits per heavy atom. The van der Waals surface area contributed by atoms with Gasteiger partial charge in [0.1, 0.15) is 17.6 Å². The number of allylic oxidation sites excluding steroid dienone is 2. The first-order chi connectivity index (χ1) is 13.6. The van der Waals surface area contributed by atoms with Crippen LogP contribution in [0.4, 0.5) is 5.82 Å². The SMILES string of the molecule is O=C1CC=CC2=CN([C@H](CC3CCCCC3)C(=O)Nc3ccc(Br)cn3)CC12. The molecule has 1 unspecified atom stereocenters. The van der Waals surface area contributed by atoms with E-state index in [0.29, 0.717) is 24.7 Å². The highest BCUT2D eigenvalue weighted by molar-refractivity contribution is 9.10. The zero-order chi connectivity index (χ0) is 19.5. The molecule has 148 valence electrons. The molecule has 2 atom stereocenters. The Kier molecular flexibility index (Phi) is 5.95. The molecular formula is C22H26BrN3O2. The number of hydrogen-bond donors (Lipinski definition) is 1. The van der Waals surface area contributed by atoms with Crippen LogP contribution in [0.25, 0.3) is 0 Å². The number of anilines is 1. The van der Waals surface area contributed by atoms with Gasteiger partial charge in [-0.1, -0.05) is 44.3 Å². The molecule has 1 fully saturated rings.